The van der Waals surface area contributed by atoms with Crippen molar-refractivity contribution in [1.29, 1.82) is 0 Å². The molecule has 0 aliphatic rings. The first-order valence-corrected chi connectivity index (χ1v) is 22.1. The fourth-order valence-electron chi connectivity index (χ4n) is 6.02. The summed E-state index contributed by atoms with van der Waals surface area (Å²) in [6.07, 6.45) is 0. The van der Waals surface area contributed by atoms with Crippen LogP contribution in [0.25, 0.3) is 0 Å². The predicted molar refractivity (Wildman–Crippen MR) is 247 cm³/mol. The van der Waals surface area contributed by atoms with E-state index in [0.29, 0.717) is 10.3 Å². The molecule has 0 saturated carbocycles. The molecule has 8 rings (SSSR count). The molecule has 4 nitrogen and oxygen atoms in total. The minimum Gasteiger partial charge on any atom is -0.740 e. The van der Waals surface area contributed by atoms with Crippen LogP contribution in [0.2, 0.25) is 0 Å². The van der Waals surface area contributed by atoms with Gasteiger partial charge in [-0.2, -0.15) is 0 Å². The normalized spacial score (nSPS) is 9.90. The zero-order valence-electron chi connectivity index (χ0n) is 32.7. The second kappa shape index (κ2) is 26.4. The molecule has 58 heavy (non-hydrogen) atoms. The van der Waals surface area contributed by atoms with Crippen molar-refractivity contribution in [2.24, 2.45) is 0 Å². The quantitative estimate of drug-likeness (QED) is 0.0724. The van der Waals surface area contributed by atoms with Gasteiger partial charge in [0.1, 0.15) is 31.8 Å². The Balaban J connectivity index is 0.000000217. The molecule has 0 aliphatic carbocycles. The largest absolute Gasteiger partial charge is 1.00 e. The molecule has 6 aromatic carbocycles. The van der Waals surface area contributed by atoms with Gasteiger partial charge < -0.3 is 25.3 Å². The molecule has 0 fully saturated rings. The van der Waals surface area contributed by atoms with E-state index in [1.165, 1.54) is 31.8 Å². The van der Waals surface area contributed by atoms with Gasteiger partial charge in [0.05, 0.1) is 15.8 Å². The molecule has 0 radical (unpaired) electrons. The fourth-order valence-corrected chi connectivity index (χ4v) is 11.7. The SMILES string of the molecule is Cc1cc(C)nc([S-])n1.Cc1cc(C)nc([S-])n1.[Ag+].[Ag+].c1ccc([PH+](c2ccccc2)c2ccccc2)cc1.c1ccc([PH+](c2ccccc2)c2ccccc2)cc1. The molecule has 0 atom stereocenters. The van der Waals surface area contributed by atoms with Crippen molar-refractivity contribution in [3.8, 4) is 0 Å². The van der Waals surface area contributed by atoms with Crippen LogP contribution >= 0.6 is 15.8 Å². The third-order valence-corrected chi connectivity index (χ3v) is 14.1. The van der Waals surface area contributed by atoms with Crippen LogP contribution in [0.3, 0.4) is 0 Å². The van der Waals surface area contributed by atoms with Crippen LogP contribution in [0, 0.1) is 27.7 Å². The summed E-state index contributed by atoms with van der Waals surface area (Å²) in [6, 6.07) is 68.8. The number of rotatable bonds is 6. The Morgan fingerprint density at radius 2 is 0.448 bits per heavy atom. The summed E-state index contributed by atoms with van der Waals surface area (Å²) in [6.45, 7) is 7.63. The Morgan fingerprint density at radius 1 is 0.293 bits per heavy atom. The second-order valence-corrected chi connectivity index (χ2v) is 18.5. The molecule has 10 heteroatoms. The summed E-state index contributed by atoms with van der Waals surface area (Å²) in [5, 5.41) is 9.49. The van der Waals surface area contributed by atoms with Gasteiger partial charge in [-0.3, -0.25) is 19.9 Å². The Kier molecular flexibility index (Phi) is 22.1. The van der Waals surface area contributed by atoms with E-state index < -0.39 is 15.8 Å². The van der Waals surface area contributed by atoms with Crippen molar-refractivity contribution in [3.63, 3.8) is 0 Å². The Labute approximate surface area is 389 Å². The molecule has 300 valence electrons. The van der Waals surface area contributed by atoms with E-state index in [2.05, 4.69) is 202 Å². The minimum absolute atomic E-state index is 0. The number of hydrogen-bond donors (Lipinski definition) is 0. The Morgan fingerprint density at radius 3 is 0.586 bits per heavy atom. The number of aryl methyl sites for hydroxylation is 4. The molecule has 2 aromatic heterocycles. The Hall–Kier alpha value is -3.74. The number of nitrogens with zero attached hydrogens (tertiary/aromatic N) is 4. The summed E-state index contributed by atoms with van der Waals surface area (Å²) < 4.78 is 0. The van der Waals surface area contributed by atoms with Crippen molar-refractivity contribution in [1.82, 2.24) is 19.9 Å². The molecule has 8 aromatic rings. The third-order valence-electron chi connectivity index (χ3n) is 8.30. The predicted octanol–water partition coefficient (Wildman–Crippen LogP) is 8.35. The van der Waals surface area contributed by atoms with Gasteiger partial charge in [-0.25, -0.2) is 0 Å². The van der Waals surface area contributed by atoms with Crippen LogP contribution in [-0.4, -0.2) is 19.9 Å². The van der Waals surface area contributed by atoms with Crippen LogP contribution in [-0.2, 0) is 70.0 Å². The average Bonchev–Trinajstić information content (AvgIpc) is 3.20. The average molecular weight is 1020 g/mol. The van der Waals surface area contributed by atoms with Crippen molar-refractivity contribution in [2.45, 2.75) is 38.0 Å². The molecule has 0 unspecified atom stereocenters. The van der Waals surface area contributed by atoms with E-state index in [-0.39, 0.29) is 44.8 Å². The second-order valence-electron chi connectivity index (χ2n) is 12.8. The van der Waals surface area contributed by atoms with Crippen LogP contribution in [0.1, 0.15) is 22.8 Å². The van der Waals surface area contributed by atoms with E-state index in [1.807, 2.05) is 39.8 Å². The summed E-state index contributed by atoms with van der Waals surface area (Å²) in [7, 11) is -1.75. The van der Waals surface area contributed by atoms with Gasteiger partial charge in [0.15, 0.2) is 0 Å². The summed E-state index contributed by atoms with van der Waals surface area (Å²) >= 11 is 9.53. The van der Waals surface area contributed by atoms with Gasteiger partial charge >= 0.3 is 44.8 Å². The van der Waals surface area contributed by atoms with Crippen molar-refractivity contribution < 1.29 is 44.8 Å². The van der Waals surface area contributed by atoms with Gasteiger partial charge in [0, 0.05) is 33.1 Å². The minimum atomic E-state index is -0.877. The Bertz CT molecular complexity index is 1880. The van der Waals surface area contributed by atoms with Gasteiger partial charge in [0.25, 0.3) is 0 Å². The van der Waals surface area contributed by atoms with Crippen molar-refractivity contribution in [2.75, 3.05) is 0 Å². The van der Waals surface area contributed by atoms with E-state index >= 15 is 0 Å². The fraction of sp³-hybridized carbons (Fsp3) is 0.0833. The maximum Gasteiger partial charge on any atom is 1.00 e. The number of hydrogen-bond acceptors (Lipinski definition) is 6. The molecule has 0 bridgehead atoms. The molecule has 0 saturated heterocycles. The zero-order valence-corrected chi connectivity index (χ0v) is 39.3. The van der Waals surface area contributed by atoms with Gasteiger partial charge in [-0.15, -0.1) is 0 Å². The molecule has 0 amide bonds. The van der Waals surface area contributed by atoms with Crippen molar-refractivity contribution >= 4 is 72.9 Å². The summed E-state index contributed by atoms with van der Waals surface area (Å²) in [5.74, 6) is 0. The topological polar surface area (TPSA) is 51.6 Å². The maximum absolute atomic E-state index is 4.76. The standard InChI is InChI=1S/2C18H15P.2C6H8N2S.2Ag/c2*1-4-10-16(11-5-1)19(17-12-6-2-7-13-17)18-14-8-3-9-15-18;2*1-4-3-5(2)8-6(9)7-4;;/h2*1-15H;2*3H,1-2H3,(H,7,8,9);;/q;;;;2*+1. The first-order chi connectivity index (χ1) is 27.3. The first kappa shape index (κ1) is 48.6. The smallest absolute Gasteiger partial charge is 0.740 e. The number of benzene rings is 6. The van der Waals surface area contributed by atoms with Crippen LogP contribution < -0.4 is 31.8 Å². The molecule has 2 heterocycles. The monoisotopic (exact) mass is 1020 g/mol. The van der Waals surface area contributed by atoms with E-state index in [0.717, 1.165) is 22.8 Å². The van der Waals surface area contributed by atoms with E-state index in [9.17, 15) is 0 Å². The van der Waals surface area contributed by atoms with Gasteiger partial charge in [-0.1, -0.05) is 109 Å². The van der Waals surface area contributed by atoms with Crippen LogP contribution in [0.4, 0.5) is 0 Å². The summed E-state index contributed by atoms with van der Waals surface area (Å²) in [5.41, 5.74) is 3.75. The molecular weight excluding hydrogens is 974 g/mol. The van der Waals surface area contributed by atoms with E-state index in [1.54, 1.807) is 0 Å². The molecule has 0 spiro atoms. The maximum atomic E-state index is 4.76. The van der Waals surface area contributed by atoms with Gasteiger partial charge in [-0.05, 0) is 113 Å². The van der Waals surface area contributed by atoms with Crippen LogP contribution in [0.5, 0.6) is 0 Å². The third kappa shape index (κ3) is 16.1. The molecule has 0 N–H and O–H groups in total. The molecular formula is C48H46Ag2N4P2S2+2. The number of aromatic nitrogens is 4. The van der Waals surface area contributed by atoms with Crippen LogP contribution in [0.15, 0.2) is 204 Å². The van der Waals surface area contributed by atoms with Crippen molar-refractivity contribution in [3.05, 3.63) is 217 Å². The zero-order chi connectivity index (χ0) is 39.5. The summed E-state index contributed by atoms with van der Waals surface area (Å²) in [4.78, 5) is 15.8. The van der Waals surface area contributed by atoms with E-state index in [4.69, 9.17) is 25.3 Å². The first-order valence-electron chi connectivity index (χ1n) is 18.3. The molecule has 0 aliphatic heterocycles. The van der Waals surface area contributed by atoms with Gasteiger partial charge in [0.2, 0.25) is 0 Å².